The molecule has 1 N–H and O–H groups in total. The van der Waals surface area contributed by atoms with Gasteiger partial charge in [0.25, 0.3) is 0 Å². The zero-order chi connectivity index (χ0) is 17.0. The van der Waals surface area contributed by atoms with Gasteiger partial charge in [-0.05, 0) is 48.1 Å². The molecular formula is C20H22O4. The molecule has 1 aliphatic heterocycles. The number of rotatable bonds is 5. The summed E-state index contributed by atoms with van der Waals surface area (Å²) in [7, 11) is 1.64. The Kier molecular flexibility index (Phi) is 4.86. The SMILES string of the molecule is COc1ccc(-c2ccccc2CC2(C(=O)O)CCOCC2)cc1. The summed E-state index contributed by atoms with van der Waals surface area (Å²) in [6, 6.07) is 15.9. The predicted octanol–water partition coefficient (Wildman–Crippen LogP) is 3.79. The number of hydrogen-bond acceptors (Lipinski definition) is 3. The van der Waals surface area contributed by atoms with E-state index in [1.54, 1.807) is 7.11 Å². The number of carboxylic acid groups (broad SMARTS) is 1. The van der Waals surface area contributed by atoms with Gasteiger partial charge in [0.05, 0.1) is 12.5 Å². The third-order valence-electron chi connectivity index (χ3n) is 4.85. The molecular weight excluding hydrogens is 304 g/mol. The van der Waals surface area contributed by atoms with Crippen LogP contribution in [0.1, 0.15) is 18.4 Å². The van der Waals surface area contributed by atoms with Gasteiger partial charge in [-0.1, -0.05) is 36.4 Å². The van der Waals surface area contributed by atoms with E-state index >= 15 is 0 Å². The van der Waals surface area contributed by atoms with E-state index in [0.29, 0.717) is 32.5 Å². The van der Waals surface area contributed by atoms with E-state index in [-0.39, 0.29) is 0 Å². The lowest BCUT2D eigenvalue weighted by atomic mass is 9.74. The second-order valence-electron chi connectivity index (χ2n) is 6.26. The average Bonchev–Trinajstić information content (AvgIpc) is 2.63. The number of aliphatic carboxylic acids is 1. The van der Waals surface area contributed by atoms with Gasteiger partial charge in [0, 0.05) is 13.2 Å². The zero-order valence-corrected chi connectivity index (χ0v) is 13.8. The fraction of sp³-hybridized carbons (Fsp3) is 0.350. The summed E-state index contributed by atoms with van der Waals surface area (Å²) in [5, 5.41) is 9.81. The molecule has 3 rings (SSSR count). The summed E-state index contributed by atoms with van der Waals surface area (Å²) in [5.41, 5.74) is 2.47. The van der Waals surface area contributed by atoms with E-state index in [0.717, 1.165) is 22.4 Å². The molecule has 0 saturated carbocycles. The number of carbonyl (C=O) groups is 1. The number of ether oxygens (including phenoxy) is 2. The van der Waals surface area contributed by atoms with Crippen molar-refractivity contribution in [3.05, 3.63) is 54.1 Å². The van der Waals surface area contributed by atoms with Crippen LogP contribution in [0.3, 0.4) is 0 Å². The van der Waals surface area contributed by atoms with E-state index in [2.05, 4.69) is 0 Å². The molecule has 0 bridgehead atoms. The van der Waals surface area contributed by atoms with E-state index in [4.69, 9.17) is 9.47 Å². The number of benzene rings is 2. The van der Waals surface area contributed by atoms with E-state index in [9.17, 15) is 9.90 Å². The first kappa shape index (κ1) is 16.5. The van der Waals surface area contributed by atoms with Crippen molar-refractivity contribution in [2.45, 2.75) is 19.3 Å². The molecule has 0 spiro atoms. The Bertz CT molecular complexity index is 700. The topological polar surface area (TPSA) is 55.8 Å². The summed E-state index contributed by atoms with van der Waals surface area (Å²) in [6.07, 6.45) is 1.63. The summed E-state index contributed by atoms with van der Waals surface area (Å²) in [5.74, 6) is 0.0815. The maximum Gasteiger partial charge on any atom is 0.310 e. The third-order valence-corrected chi connectivity index (χ3v) is 4.85. The highest BCUT2D eigenvalue weighted by atomic mass is 16.5. The van der Waals surface area contributed by atoms with Crippen LogP contribution in [0.5, 0.6) is 5.75 Å². The van der Waals surface area contributed by atoms with Crippen molar-refractivity contribution >= 4 is 5.97 Å². The van der Waals surface area contributed by atoms with Gasteiger partial charge in [-0.15, -0.1) is 0 Å². The van der Waals surface area contributed by atoms with E-state index < -0.39 is 11.4 Å². The molecule has 4 heteroatoms. The first-order chi connectivity index (χ1) is 11.6. The number of hydrogen-bond donors (Lipinski definition) is 1. The number of carboxylic acids is 1. The van der Waals surface area contributed by atoms with Gasteiger partial charge in [0.15, 0.2) is 0 Å². The van der Waals surface area contributed by atoms with Gasteiger partial charge >= 0.3 is 5.97 Å². The minimum absolute atomic E-state index is 0.511. The van der Waals surface area contributed by atoms with Crippen LogP contribution >= 0.6 is 0 Å². The Morgan fingerprint density at radius 3 is 2.42 bits per heavy atom. The van der Waals surface area contributed by atoms with Gasteiger partial charge in [0.2, 0.25) is 0 Å². The van der Waals surface area contributed by atoms with Crippen LogP contribution in [0.4, 0.5) is 0 Å². The van der Waals surface area contributed by atoms with Gasteiger partial charge in [-0.2, -0.15) is 0 Å². The fourth-order valence-corrected chi connectivity index (χ4v) is 3.32. The maximum absolute atomic E-state index is 11.9. The van der Waals surface area contributed by atoms with Crippen molar-refractivity contribution in [3.8, 4) is 16.9 Å². The normalized spacial score (nSPS) is 16.5. The smallest absolute Gasteiger partial charge is 0.310 e. The van der Waals surface area contributed by atoms with Crippen molar-refractivity contribution in [2.24, 2.45) is 5.41 Å². The molecule has 1 aliphatic rings. The van der Waals surface area contributed by atoms with Crippen LogP contribution in [-0.2, 0) is 16.0 Å². The Morgan fingerprint density at radius 1 is 1.12 bits per heavy atom. The van der Waals surface area contributed by atoms with Crippen molar-refractivity contribution in [2.75, 3.05) is 20.3 Å². The van der Waals surface area contributed by atoms with Gasteiger partial charge in [-0.25, -0.2) is 0 Å². The Morgan fingerprint density at radius 2 is 1.79 bits per heavy atom. The molecule has 2 aromatic carbocycles. The minimum atomic E-state index is -0.735. The summed E-state index contributed by atoms with van der Waals surface area (Å²) in [6.45, 7) is 1.02. The third kappa shape index (κ3) is 3.29. The second kappa shape index (κ2) is 7.05. The second-order valence-corrected chi connectivity index (χ2v) is 6.26. The maximum atomic E-state index is 11.9. The minimum Gasteiger partial charge on any atom is -0.497 e. The van der Waals surface area contributed by atoms with Crippen LogP contribution in [-0.4, -0.2) is 31.4 Å². The highest BCUT2D eigenvalue weighted by molar-refractivity contribution is 5.76. The number of methoxy groups -OCH3 is 1. The molecule has 24 heavy (non-hydrogen) atoms. The van der Waals surface area contributed by atoms with E-state index in [1.807, 2.05) is 48.5 Å². The van der Waals surface area contributed by atoms with Crippen LogP contribution in [0.25, 0.3) is 11.1 Å². The molecule has 0 radical (unpaired) electrons. The lowest BCUT2D eigenvalue weighted by Crippen LogP contribution is -2.39. The van der Waals surface area contributed by atoms with Crippen molar-refractivity contribution < 1.29 is 19.4 Å². The summed E-state index contributed by atoms with van der Waals surface area (Å²) >= 11 is 0. The molecule has 4 nitrogen and oxygen atoms in total. The van der Waals surface area contributed by atoms with Gasteiger partial charge in [0.1, 0.15) is 5.75 Å². The van der Waals surface area contributed by atoms with Crippen LogP contribution in [0, 0.1) is 5.41 Å². The molecule has 2 aromatic rings. The lowest BCUT2D eigenvalue weighted by Gasteiger charge is -2.33. The lowest BCUT2D eigenvalue weighted by molar-refractivity contribution is -0.154. The largest absolute Gasteiger partial charge is 0.497 e. The van der Waals surface area contributed by atoms with Crippen LogP contribution in [0.15, 0.2) is 48.5 Å². The predicted molar refractivity (Wildman–Crippen MR) is 92.3 cm³/mol. The Labute approximate surface area is 142 Å². The first-order valence-electron chi connectivity index (χ1n) is 8.18. The first-order valence-corrected chi connectivity index (χ1v) is 8.18. The molecule has 126 valence electrons. The van der Waals surface area contributed by atoms with Crippen LogP contribution in [0.2, 0.25) is 0 Å². The fourth-order valence-electron chi connectivity index (χ4n) is 3.32. The summed E-state index contributed by atoms with van der Waals surface area (Å²) in [4.78, 5) is 11.9. The van der Waals surface area contributed by atoms with Crippen molar-refractivity contribution in [3.63, 3.8) is 0 Å². The van der Waals surface area contributed by atoms with Gasteiger partial charge < -0.3 is 14.6 Å². The molecule has 0 atom stereocenters. The standard InChI is InChI=1S/C20H22O4/c1-23-17-8-6-15(7-9-17)18-5-3-2-4-16(18)14-20(19(21)22)10-12-24-13-11-20/h2-9H,10-14H2,1H3,(H,21,22). The highest BCUT2D eigenvalue weighted by Gasteiger charge is 2.40. The molecule has 0 aromatic heterocycles. The molecule has 1 saturated heterocycles. The Hall–Kier alpha value is -2.33. The van der Waals surface area contributed by atoms with E-state index in [1.165, 1.54) is 0 Å². The molecule has 1 fully saturated rings. The molecule has 0 unspecified atom stereocenters. The monoisotopic (exact) mass is 326 g/mol. The molecule has 0 amide bonds. The highest BCUT2D eigenvalue weighted by Crippen LogP contribution is 2.37. The zero-order valence-electron chi connectivity index (χ0n) is 13.8. The van der Waals surface area contributed by atoms with Crippen molar-refractivity contribution in [1.29, 1.82) is 0 Å². The van der Waals surface area contributed by atoms with Crippen molar-refractivity contribution in [1.82, 2.24) is 0 Å². The quantitative estimate of drug-likeness (QED) is 0.908. The van der Waals surface area contributed by atoms with Crippen LogP contribution < -0.4 is 4.74 Å². The molecule has 1 heterocycles. The average molecular weight is 326 g/mol. The molecule has 0 aliphatic carbocycles. The van der Waals surface area contributed by atoms with Gasteiger partial charge in [-0.3, -0.25) is 4.79 Å². The Balaban J connectivity index is 1.94. The summed E-state index contributed by atoms with van der Waals surface area (Å²) < 4.78 is 10.6.